The molecule has 4 rings (SSSR count). The van der Waals surface area contributed by atoms with Gasteiger partial charge < -0.3 is 19.5 Å². The van der Waals surface area contributed by atoms with E-state index in [-0.39, 0.29) is 5.91 Å². The van der Waals surface area contributed by atoms with Gasteiger partial charge >= 0.3 is 0 Å². The highest BCUT2D eigenvalue weighted by Crippen LogP contribution is 2.44. The molecule has 1 amide bonds. The minimum Gasteiger partial charge on any atom is -0.357 e. The Balaban J connectivity index is 1.75. The van der Waals surface area contributed by atoms with Gasteiger partial charge in [0, 0.05) is 29.6 Å². The lowest BCUT2D eigenvalue weighted by Gasteiger charge is -2.24. The van der Waals surface area contributed by atoms with Crippen LogP contribution in [0.1, 0.15) is 27.0 Å². The summed E-state index contributed by atoms with van der Waals surface area (Å²) in [6, 6.07) is 0. The third kappa shape index (κ3) is 3.32. The van der Waals surface area contributed by atoms with Gasteiger partial charge in [0.1, 0.15) is 12.2 Å². The Kier molecular flexibility index (Phi) is 5.16. The number of hydrogen-bond donors (Lipinski definition) is 2. The second-order valence-corrected chi connectivity index (χ2v) is 7.79. The summed E-state index contributed by atoms with van der Waals surface area (Å²) in [4.78, 5) is 30.8. The minimum atomic E-state index is -0.828. The van der Waals surface area contributed by atoms with E-state index in [2.05, 4.69) is 25.7 Å². The van der Waals surface area contributed by atoms with E-state index in [1.165, 1.54) is 0 Å². The highest BCUT2D eigenvalue weighted by atomic mass is 127. The van der Waals surface area contributed by atoms with Crippen LogP contribution in [0.15, 0.2) is 6.33 Å². The van der Waals surface area contributed by atoms with Crippen molar-refractivity contribution in [3.63, 3.8) is 0 Å². The maximum atomic E-state index is 12.3. The van der Waals surface area contributed by atoms with Crippen molar-refractivity contribution in [2.24, 2.45) is 0 Å². The van der Waals surface area contributed by atoms with Crippen molar-refractivity contribution in [3.05, 3.63) is 10.2 Å². The first-order valence-electron chi connectivity index (χ1n) is 8.85. The Hall–Kier alpha value is -1.61. The van der Waals surface area contributed by atoms with Crippen LogP contribution in [0.4, 0.5) is 5.82 Å². The average molecular weight is 504 g/mol. The summed E-state index contributed by atoms with van der Waals surface area (Å²) in [5.41, 5.74) is 3.85. The summed E-state index contributed by atoms with van der Waals surface area (Å²) < 4.78 is 20.3. The molecule has 2 aliphatic heterocycles. The fraction of sp³-hybridized carbons (Fsp3) is 0.625. The van der Waals surface area contributed by atoms with E-state index in [1.807, 2.05) is 43.4 Å². The zero-order chi connectivity index (χ0) is 20.1. The van der Waals surface area contributed by atoms with Crippen LogP contribution in [0.2, 0.25) is 0 Å². The number of carbonyl (C=O) groups excluding carboxylic acids is 1. The van der Waals surface area contributed by atoms with Crippen LogP contribution in [0.5, 0.6) is 0 Å². The van der Waals surface area contributed by atoms with Gasteiger partial charge in [0.05, 0.1) is 12.9 Å². The van der Waals surface area contributed by atoms with Gasteiger partial charge in [-0.25, -0.2) is 20.4 Å². The number of hydrogen-bond acceptors (Lipinski definition) is 9. The molecule has 2 aromatic heterocycles. The normalized spacial score (nSPS) is 28.5. The summed E-state index contributed by atoms with van der Waals surface area (Å²) >= 11 is 2.02. The largest absolute Gasteiger partial charge is 0.357 e. The highest BCUT2D eigenvalue weighted by Gasteiger charge is 2.58. The number of amides is 1. The van der Waals surface area contributed by atoms with Crippen molar-refractivity contribution >= 4 is 45.5 Å². The van der Waals surface area contributed by atoms with Gasteiger partial charge in [-0.1, -0.05) is 0 Å². The molecule has 0 radical (unpaired) electrons. The van der Waals surface area contributed by atoms with Gasteiger partial charge in [-0.05, 0) is 20.8 Å². The molecule has 2 aromatic rings. The minimum absolute atomic E-state index is 0.272. The predicted molar refractivity (Wildman–Crippen MR) is 105 cm³/mol. The zero-order valence-corrected chi connectivity index (χ0v) is 18.0. The molecular weight excluding hydrogens is 483 g/mol. The van der Waals surface area contributed by atoms with Gasteiger partial charge in [-0.2, -0.15) is 0 Å². The Morgan fingerprint density at radius 2 is 2.11 bits per heavy atom. The number of halogens is 1. The van der Waals surface area contributed by atoms with Crippen LogP contribution in [0.25, 0.3) is 11.2 Å². The number of ether oxygens (including phenoxy) is 3. The van der Waals surface area contributed by atoms with Gasteiger partial charge in [-0.3, -0.25) is 14.2 Å². The first-order chi connectivity index (χ1) is 13.3. The molecule has 2 N–H and O–H groups in total. The molecule has 0 spiro atoms. The number of carbonyl (C=O) groups is 1. The van der Waals surface area contributed by atoms with E-state index in [0.717, 1.165) is 0 Å². The summed E-state index contributed by atoms with van der Waals surface area (Å²) in [6.45, 7) is 5.95. The molecule has 0 aliphatic carbocycles. The number of nitrogens with one attached hydrogen (secondary N) is 2. The monoisotopic (exact) mass is 504 g/mol. The van der Waals surface area contributed by atoms with Crippen LogP contribution in [0, 0.1) is 3.83 Å². The number of anilines is 1. The molecular formula is C16H21IN6O5. The first kappa shape index (κ1) is 19.7. The summed E-state index contributed by atoms with van der Waals surface area (Å²) in [5.74, 6) is -0.645. The van der Waals surface area contributed by atoms with E-state index >= 15 is 0 Å². The Morgan fingerprint density at radius 1 is 1.36 bits per heavy atom. The van der Waals surface area contributed by atoms with E-state index < -0.39 is 30.3 Å². The van der Waals surface area contributed by atoms with Crippen molar-refractivity contribution in [2.75, 3.05) is 19.1 Å². The fourth-order valence-corrected chi connectivity index (χ4v) is 3.91. The maximum absolute atomic E-state index is 12.3. The lowest BCUT2D eigenvalue weighted by molar-refractivity contribution is -0.197. The average Bonchev–Trinajstić information content (AvgIpc) is 3.29. The van der Waals surface area contributed by atoms with Gasteiger partial charge in [0.15, 0.2) is 38.9 Å². The highest BCUT2D eigenvalue weighted by molar-refractivity contribution is 14.1. The summed E-state index contributed by atoms with van der Waals surface area (Å²) in [5, 5.41) is 2.61. The van der Waals surface area contributed by atoms with Gasteiger partial charge in [0.2, 0.25) is 0 Å². The SMILES string of the molecule is CCONc1nc(I)nc2c1ncn2[C@@H]1O[C@H](C(=O)NC)[C@H]2OC(C)(C)O[C@H]21. The Labute approximate surface area is 174 Å². The molecule has 11 nitrogen and oxygen atoms in total. The van der Waals surface area contributed by atoms with Crippen LogP contribution < -0.4 is 10.8 Å². The number of likely N-dealkylation sites (N-methyl/N-ethyl adjacent to an activating group) is 1. The Morgan fingerprint density at radius 3 is 2.82 bits per heavy atom. The van der Waals surface area contributed by atoms with Crippen LogP contribution >= 0.6 is 22.6 Å². The van der Waals surface area contributed by atoms with Gasteiger partial charge in [-0.15, -0.1) is 0 Å². The molecule has 12 heteroatoms. The zero-order valence-electron chi connectivity index (χ0n) is 15.8. The molecule has 4 heterocycles. The first-order valence-corrected chi connectivity index (χ1v) is 9.93. The van der Waals surface area contributed by atoms with Crippen molar-refractivity contribution in [1.29, 1.82) is 0 Å². The van der Waals surface area contributed by atoms with E-state index in [1.54, 1.807) is 17.9 Å². The van der Waals surface area contributed by atoms with E-state index in [0.29, 0.717) is 27.4 Å². The molecule has 2 fully saturated rings. The summed E-state index contributed by atoms with van der Waals surface area (Å²) in [6.07, 6.45) is -0.884. The molecule has 0 unspecified atom stereocenters. The fourth-order valence-electron chi connectivity index (χ4n) is 3.44. The standard InChI is InChI=1S/C16H21IN6O5/c1-5-25-22-11-7-12(21-15(17)20-11)23(6-19-7)14-10-8(27-16(2,3)28-10)9(26-14)13(24)18-4/h6,8-10,14H,5H2,1-4H3,(H,18,24)(H,20,21,22)/t8-,9+,10-,14-/m1/s1. The number of fused-ring (bicyclic) bond motifs is 2. The number of imidazole rings is 1. The van der Waals surface area contributed by atoms with Gasteiger partial charge in [0.25, 0.3) is 5.91 Å². The topological polar surface area (TPSA) is 122 Å². The molecule has 0 bridgehead atoms. The third-order valence-corrected chi connectivity index (χ3v) is 5.00. The third-order valence-electron chi connectivity index (χ3n) is 4.52. The quantitative estimate of drug-likeness (QED) is 0.349. The lowest BCUT2D eigenvalue weighted by Crippen LogP contribution is -2.41. The molecule has 2 saturated heterocycles. The van der Waals surface area contributed by atoms with Crippen molar-refractivity contribution in [3.8, 4) is 0 Å². The maximum Gasteiger partial charge on any atom is 0.251 e. The van der Waals surface area contributed by atoms with Crippen molar-refractivity contribution < 1.29 is 23.8 Å². The van der Waals surface area contributed by atoms with Crippen LogP contribution in [0.3, 0.4) is 0 Å². The van der Waals surface area contributed by atoms with Crippen LogP contribution in [-0.2, 0) is 23.8 Å². The van der Waals surface area contributed by atoms with Crippen molar-refractivity contribution in [2.45, 2.75) is 51.1 Å². The second-order valence-electron chi connectivity index (χ2n) is 6.83. The molecule has 152 valence electrons. The summed E-state index contributed by atoms with van der Waals surface area (Å²) in [7, 11) is 1.56. The number of rotatable bonds is 5. The molecule has 0 saturated carbocycles. The Bertz CT molecular complexity index is 905. The number of aromatic nitrogens is 4. The molecule has 28 heavy (non-hydrogen) atoms. The second kappa shape index (κ2) is 7.33. The predicted octanol–water partition coefficient (Wildman–Crippen LogP) is 0.958. The molecule has 4 atom stereocenters. The van der Waals surface area contributed by atoms with E-state index in [4.69, 9.17) is 19.0 Å². The lowest BCUT2D eigenvalue weighted by atomic mass is 10.1. The smallest absolute Gasteiger partial charge is 0.251 e. The molecule has 0 aromatic carbocycles. The van der Waals surface area contributed by atoms with Crippen LogP contribution in [-0.4, -0.2) is 63.2 Å². The molecule has 2 aliphatic rings. The van der Waals surface area contributed by atoms with Crippen molar-refractivity contribution in [1.82, 2.24) is 24.8 Å². The number of nitrogens with zero attached hydrogens (tertiary/aromatic N) is 4. The van der Waals surface area contributed by atoms with E-state index in [9.17, 15) is 4.79 Å².